The zero-order chi connectivity index (χ0) is 18.2. The minimum Gasteiger partial charge on any atom is -0.379 e. The Labute approximate surface area is 156 Å². The second-order valence-corrected chi connectivity index (χ2v) is 6.57. The third kappa shape index (κ3) is 5.41. The van der Waals surface area contributed by atoms with Crippen molar-refractivity contribution in [3.63, 3.8) is 0 Å². The van der Waals surface area contributed by atoms with E-state index in [-0.39, 0.29) is 0 Å². The van der Waals surface area contributed by atoms with Gasteiger partial charge >= 0.3 is 0 Å². The van der Waals surface area contributed by atoms with Crippen LogP contribution in [0.1, 0.15) is 18.2 Å². The Morgan fingerprint density at radius 2 is 1.92 bits per heavy atom. The molecule has 0 saturated carbocycles. The third-order valence-electron chi connectivity index (χ3n) is 4.58. The Balaban J connectivity index is 1.61. The summed E-state index contributed by atoms with van der Waals surface area (Å²) in [4.78, 5) is 14.0. The lowest BCUT2D eigenvalue weighted by atomic mass is 10.2. The minimum atomic E-state index is 0.708. The maximum absolute atomic E-state index is 5.39. The van der Waals surface area contributed by atoms with E-state index in [0.717, 1.165) is 64.0 Å². The summed E-state index contributed by atoms with van der Waals surface area (Å²) in [6.45, 7) is 11.4. The monoisotopic (exact) mass is 355 g/mol. The summed E-state index contributed by atoms with van der Waals surface area (Å²) in [5.41, 5.74) is 2.27. The van der Waals surface area contributed by atoms with Gasteiger partial charge in [-0.25, -0.2) is 4.98 Å². The highest BCUT2D eigenvalue weighted by molar-refractivity contribution is 5.45. The van der Waals surface area contributed by atoms with E-state index >= 15 is 0 Å². The van der Waals surface area contributed by atoms with E-state index in [4.69, 9.17) is 9.72 Å². The Morgan fingerprint density at radius 1 is 1.15 bits per heavy atom. The zero-order valence-corrected chi connectivity index (χ0v) is 15.8. The van der Waals surface area contributed by atoms with Gasteiger partial charge in [-0.05, 0) is 19.4 Å². The Kier molecular flexibility index (Phi) is 6.80. The minimum absolute atomic E-state index is 0.708. The van der Waals surface area contributed by atoms with Crippen LogP contribution in [-0.2, 0) is 11.3 Å². The molecule has 0 spiro atoms. The summed E-state index contributed by atoms with van der Waals surface area (Å²) in [6, 6.07) is 12.6. The first-order valence-electron chi connectivity index (χ1n) is 9.43. The maximum atomic E-state index is 5.39. The summed E-state index contributed by atoms with van der Waals surface area (Å²) in [5, 5.41) is 3.38. The topological polar surface area (TPSA) is 53.5 Å². The Hall–Kier alpha value is -2.18. The number of hydrogen-bond acceptors (Lipinski definition) is 6. The molecule has 1 fully saturated rings. The summed E-state index contributed by atoms with van der Waals surface area (Å²) >= 11 is 0. The summed E-state index contributed by atoms with van der Waals surface area (Å²) in [6.07, 6.45) is 0. The standard InChI is InChI=1S/C20H29N5O/c1-3-25(16-18-7-5-4-6-8-18)19-15-17(2)22-20(23-19)21-9-10-24-11-13-26-14-12-24/h4-8,15H,3,9-14,16H2,1-2H3,(H,21,22,23). The number of aryl methyl sites for hydroxylation is 1. The fraction of sp³-hybridized carbons (Fsp3) is 0.500. The summed E-state index contributed by atoms with van der Waals surface area (Å²) in [7, 11) is 0. The highest BCUT2D eigenvalue weighted by Crippen LogP contribution is 2.17. The molecule has 0 radical (unpaired) electrons. The molecular weight excluding hydrogens is 326 g/mol. The van der Waals surface area contributed by atoms with Crippen molar-refractivity contribution in [1.29, 1.82) is 0 Å². The van der Waals surface area contributed by atoms with Crippen LogP contribution in [0.4, 0.5) is 11.8 Å². The van der Waals surface area contributed by atoms with E-state index in [1.54, 1.807) is 0 Å². The molecule has 6 heteroatoms. The molecule has 6 nitrogen and oxygen atoms in total. The van der Waals surface area contributed by atoms with Crippen LogP contribution < -0.4 is 10.2 Å². The van der Waals surface area contributed by atoms with Crippen molar-refractivity contribution in [2.24, 2.45) is 0 Å². The third-order valence-corrected chi connectivity index (χ3v) is 4.58. The molecule has 1 aromatic heterocycles. The van der Waals surface area contributed by atoms with Gasteiger partial charge in [-0.2, -0.15) is 4.98 Å². The first kappa shape index (κ1) is 18.6. The molecule has 1 N–H and O–H groups in total. The predicted octanol–water partition coefficient (Wildman–Crippen LogP) is 2.56. The van der Waals surface area contributed by atoms with Gasteiger partial charge in [0.1, 0.15) is 5.82 Å². The molecule has 0 aliphatic carbocycles. The maximum Gasteiger partial charge on any atom is 0.224 e. The van der Waals surface area contributed by atoms with Gasteiger partial charge in [0.2, 0.25) is 5.95 Å². The van der Waals surface area contributed by atoms with E-state index in [1.165, 1.54) is 5.56 Å². The second-order valence-electron chi connectivity index (χ2n) is 6.57. The highest BCUT2D eigenvalue weighted by Gasteiger charge is 2.12. The van der Waals surface area contributed by atoms with Gasteiger partial charge in [0.25, 0.3) is 0 Å². The van der Waals surface area contributed by atoms with E-state index in [9.17, 15) is 0 Å². The number of aromatic nitrogens is 2. The average molecular weight is 355 g/mol. The van der Waals surface area contributed by atoms with Gasteiger partial charge < -0.3 is 15.0 Å². The largest absolute Gasteiger partial charge is 0.379 e. The molecule has 0 bridgehead atoms. The lowest BCUT2D eigenvalue weighted by Gasteiger charge is -2.26. The molecule has 140 valence electrons. The SMILES string of the molecule is CCN(Cc1ccccc1)c1cc(C)nc(NCCN2CCOCC2)n1. The van der Waals surface area contributed by atoms with Crippen LogP contribution in [0.2, 0.25) is 0 Å². The quantitative estimate of drug-likeness (QED) is 0.785. The number of benzene rings is 1. The Morgan fingerprint density at radius 3 is 2.65 bits per heavy atom. The number of morpholine rings is 1. The molecule has 0 amide bonds. The van der Waals surface area contributed by atoms with Gasteiger partial charge in [-0.3, -0.25) is 4.90 Å². The van der Waals surface area contributed by atoms with Crippen LogP contribution in [0.15, 0.2) is 36.4 Å². The molecule has 0 atom stereocenters. The smallest absolute Gasteiger partial charge is 0.224 e. The molecule has 26 heavy (non-hydrogen) atoms. The first-order valence-corrected chi connectivity index (χ1v) is 9.43. The molecule has 3 rings (SSSR count). The first-order chi connectivity index (χ1) is 12.7. The van der Waals surface area contributed by atoms with Gasteiger partial charge in [-0.15, -0.1) is 0 Å². The fourth-order valence-electron chi connectivity index (χ4n) is 3.10. The lowest BCUT2D eigenvalue weighted by molar-refractivity contribution is 0.0398. The normalized spacial score (nSPS) is 15.0. The van der Waals surface area contributed by atoms with Crippen LogP contribution in [-0.4, -0.2) is 60.8 Å². The number of nitrogens with zero attached hydrogens (tertiary/aromatic N) is 4. The van der Waals surface area contributed by atoms with E-state index in [2.05, 4.69) is 57.4 Å². The van der Waals surface area contributed by atoms with Crippen LogP contribution in [0.25, 0.3) is 0 Å². The van der Waals surface area contributed by atoms with Gasteiger partial charge in [0.05, 0.1) is 13.2 Å². The van der Waals surface area contributed by atoms with Gasteiger partial charge in [0, 0.05) is 51.0 Å². The van der Waals surface area contributed by atoms with Gasteiger partial charge in [-0.1, -0.05) is 30.3 Å². The summed E-state index contributed by atoms with van der Waals surface area (Å²) in [5.74, 6) is 1.68. The van der Waals surface area contributed by atoms with Crippen molar-refractivity contribution < 1.29 is 4.74 Å². The van der Waals surface area contributed by atoms with Crippen molar-refractivity contribution in [3.8, 4) is 0 Å². The molecule has 2 aromatic rings. The molecule has 0 unspecified atom stereocenters. The molecule has 1 aliphatic rings. The van der Waals surface area contributed by atoms with Crippen molar-refractivity contribution in [3.05, 3.63) is 47.7 Å². The average Bonchev–Trinajstić information content (AvgIpc) is 2.67. The van der Waals surface area contributed by atoms with E-state index in [1.807, 2.05) is 13.0 Å². The molecule has 1 aromatic carbocycles. The van der Waals surface area contributed by atoms with Crippen molar-refractivity contribution in [2.75, 3.05) is 56.2 Å². The number of ether oxygens (including phenoxy) is 1. The Bertz CT molecular complexity index is 673. The predicted molar refractivity (Wildman–Crippen MR) is 106 cm³/mol. The van der Waals surface area contributed by atoms with Crippen LogP contribution in [0, 0.1) is 6.92 Å². The van der Waals surface area contributed by atoms with Gasteiger partial charge in [0.15, 0.2) is 0 Å². The second kappa shape index (κ2) is 9.50. The molecule has 2 heterocycles. The fourth-order valence-corrected chi connectivity index (χ4v) is 3.10. The molecule has 1 saturated heterocycles. The zero-order valence-electron chi connectivity index (χ0n) is 15.8. The number of nitrogens with one attached hydrogen (secondary N) is 1. The van der Waals surface area contributed by atoms with Crippen LogP contribution in [0.5, 0.6) is 0 Å². The van der Waals surface area contributed by atoms with E-state index in [0.29, 0.717) is 5.95 Å². The number of hydrogen-bond donors (Lipinski definition) is 1. The number of anilines is 2. The molecular formula is C20H29N5O. The summed E-state index contributed by atoms with van der Waals surface area (Å²) < 4.78 is 5.39. The van der Waals surface area contributed by atoms with Crippen LogP contribution in [0.3, 0.4) is 0 Å². The van der Waals surface area contributed by atoms with Crippen molar-refractivity contribution >= 4 is 11.8 Å². The number of rotatable bonds is 8. The highest BCUT2D eigenvalue weighted by atomic mass is 16.5. The van der Waals surface area contributed by atoms with E-state index < -0.39 is 0 Å². The lowest BCUT2D eigenvalue weighted by Crippen LogP contribution is -2.39. The van der Waals surface area contributed by atoms with Crippen LogP contribution >= 0.6 is 0 Å². The van der Waals surface area contributed by atoms with Crippen molar-refractivity contribution in [2.45, 2.75) is 20.4 Å². The molecule has 1 aliphatic heterocycles. The van der Waals surface area contributed by atoms with Crippen molar-refractivity contribution in [1.82, 2.24) is 14.9 Å².